The summed E-state index contributed by atoms with van der Waals surface area (Å²) in [6.45, 7) is 1.88. The highest BCUT2D eigenvalue weighted by atomic mass is 35.5. The first-order valence-corrected chi connectivity index (χ1v) is 4.40. The Morgan fingerprint density at radius 3 is 2.77 bits per heavy atom. The summed E-state index contributed by atoms with van der Waals surface area (Å²) in [5.41, 5.74) is 1.10. The largest absolute Gasteiger partial charge is 0.391 e. The Morgan fingerprint density at radius 2 is 2.15 bits per heavy atom. The third-order valence-electron chi connectivity index (χ3n) is 2.28. The average Bonchev–Trinajstić information content (AvgIpc) is 2.24. The molecule has 1 N–H and O–H groups in total. The Kier molecular flexibility index (Phi) is 1.79. The highest BCUT2D eigenvalue weighted by Gasteiger charge is 2.30. The van der Waals surface area contributed by atoms with Gasteiger partial charge < -0.3 is 5.11 Å². The van der Waals surface area contributed by atoms with Gasteiger partial charge in [-0.1, -0.05) is 29.8 Å². The Balaban J connectivity index is 2.74. The van der Waals surface area contributed by atoms with E-state index in [9.17, 15) is 5.11 Å². The van der Waals surface area contributed by atoms with E-state index in [0.717, 1.165) is 11.1 Å². The third-order valence-corrected chi connectivity index (χ3v) is 2.59. The fourth-order valence-corrected chi connectivity index (χ4v) is 2.06. The summed E-state index contributed by atoms with van der Waals surface area (Å²) in [5.74, 6) is 0. The van der Waals surface area contributed by atoms with Gasteiger partial charge in [-0.15, -0.1) is 0 Å². The second-order valence-electron chi connectivity index (χ2n) is 3.32. The SMILES string of the molecule is [B]C1(O)C=C(C)c2c(Cl)cccc21. The van der Waals surface area contributed by atoms with Crippen LogP contribution in [0.25, 0.3) is 5.57 Å². The number of benzene rings is 1. The maximum absolute atomic E-state index is 9.78. The molecule has 0 bridgehead atoms. The predicted octanol–water partition coefficient (Wildman–Crippen LogP) is 2.07. The zero-order valence-electron chi connectivity index (χ0n) is 7.21. The standard InChI is InChI=1S/C10H8BClO/c1-6-5-10(11,13)7-3-2-4-8(12)9(6)7/h2-5,13H,1H3. The van der Waals surface area contributed by atoms with Crippen molar-refractivity contribution in [1.29, 1.82) is 0 Å². The minimum Gasteiger partial charge on any atom is -0.391 e. The maximum atomic E-state index is 9.78. The molecular formula is C10H8BClO. The molecule has 0 saturated carbocycles. The van der Waals surface area contributed by atoms with Crippen LogP contribution >= 0.6 is 11.6 Å². The zero-order chi connectivity index (χ0) is 9.64. The Hall–Kier alpha value is -0.725. The smallest absolute Gasteiger partial charge is 0.125 e. The van der Waals surface area contributed by atoms with Crippen molar-refractivity contribution in [3.05, 3.63) is 40.4 Å². The van der Waals surface area contributed by atoms with Crippen molar-refractivity contribution >= 4 is 25.0 Å². The minimum absolute atomic E-state index is 0.632. The van der Waals surface area contributed by atoms with Crippen LogP contribution in [0.3, 0.4) is 0 Å². The monoisotopic (exact) mass is 190 g/mol. The summed E-state index contributed by atoms with van der Waals surface area (Å²) in [6.07, 6.45) is 1.61. The molecule has 2 rings (SSSR count). The van der Waals surface area contributed by atoms with E-state index >= 15 is 0 Å². The van der Waals surface area contributed by atoms with Crippen LogP contribution in [0.2, 0.25) is 5.02 Å². The van der Waals surface area contributed by atoms with E-state index in [4.69, 9.17) is 19.4 Å². The van der Waals surface area contributed by atoms with E-state index < -0.39 is 5.50 Å². The molecule has 1 atom stereocenters. The van der Waals surface area contributed by atoms with E-state index in [1.54, 1.807) is 24.3 Å². The molecule has 0 spiro atoms. The van der Waals surface area contributed by atoms with Crippen LogP contribution in [0, 0.1) is 0 Å². The molecule has 13 heavy (non-hydrogen) atoms. The molecule has 1 aromatic rings. The normalized spacial score (nSPS) is 25.6. The molecule has 0 amide bonds. The van der Waals surface area contributed by atoms with Crippen LogP contribution in [0.5, 0.6) is 0 Å². The molecule has 0 aromatic heterocycles. The Bertz CT molecular complexity index is 396. The van der Waals surface area contributed by atoms with Crippen LogP contribution in [0.1, 0.15) is 18.1 Å². The number of hydrogen-bond donors (Lipinski definition) is 1. The summed E-state index contributed by atoms with van der Waals surface area (Å²) in [5, 5.41) is 10.4. The van der Waals surface area contributed by atoms with Gasteiger partial charge in [0.2, 0.25) is 0 Å². The van der Waals surface area contributed by atoms with Gasteiger partial charge in [-0.3, -0.25) is 0 Å². The topological polar surface area (TPSA) is 20.2 Å². The summed E-state index contributed by atoms with van der Waals surface area (Å²) in [4.78, 5) is 0. The van der Waals surface area contributed by atoms with Crippen LogP contribution < -0.4 is 0 Å². The van der Waals surface area contributed by atoms with Crippen molar-refractivity contribution in [1.82, 2.24) is 0 Å². The van der Waals surface area contributed by atoms with Gasteiger partial charge in [-0.2, -0.15) is 0 Å². The van der Waals surface area contributed by atoms with Crippen LogP contribution in [0.15, 0.2) is 24.3 Å². The van der Waals surface area contributed by atoms with Crippen molar-refractivity contribution < 1.29 is 5.11 Å². The van der Waals surface area contributed by atoms with E-state index in [-0.39, 0.29) is 0 Å². The van der Waals surface area contributed by atoms with Gasteiger partial charge in [0.25, 0.3) is 0 Å². The van der Waals surface area contributed by atoms with E-state index in [2.05, 4.69) is 0 Å². The summed E-state index contributed by atoms with van der Waals surface area (Å²) >= 11 is 5.98. The molecule has 0 aliphatic heterocycles. The summed E-state index contributed by atoms with van der Waals surface area (Å²) < 4.78 is 0. The molecule has 1 unspecified atom stereocenters. The number of hydrogen-bond acceptors (Lipinski definition) is 1. The van der Waals surface area contributed by atoms with E-state index in [0.29, 0.717) is 10.6 Å². The lowest BCUT2D eigenvalue weighted by atomic mass is 9.78. The average molecular weight is 190 g/mol. The molecular weight excluding hydrogens is 182 g/mol. The van der Waals surface area contributed by atoms with Gasteiger partial charge in [0.05, 0.1) is 5.50 Å². The van der Waals surface area contributed by atoms with Gasteiger partial charge in [-0.25, -0.2) is 0 Å². The quantitative estimate of drug-likeness (QED) is 0.621. The molecule has 0 heterocycles. The third kappa shape index (κ3) is 1.21. The van der Waals surface area contributed by atoms with Crippen molar-refractivity contribution in [2.24, 2.45) is 0 Å². The molecule has 2 radical (unpaired) electrons. The Labute approximate surface area is 83.4 Å². The number of halogens is 1. The van der Waals surface area contributed by atoms with Crippen LogP contribution in [-0.2, 0) is 5.50 Å². The van der Waals surface area contributed by atoms with Crippen molar-refractivity contribution in [2.45, 2.75) is 12.4 Å². The highest BCUT2D eigenvalue weighted by molar-refractivity contribution is 6.33. The van der Waals surface area contributed by atoms with E-state index in [1.807, 2.05) is 6.92 Å². The van der Waals surface area contributed by atoms with Crippen molar-refractivity contribution in [3.8, 4) is 0 Å². The van der Waals surface area contributed by atoms with Gasteiger partial charge >= 0.3 is 0 Å². The molecule has 64 valence electrons. The first-order chi connectivity index (χ1) is 6.02. The van der Waals surface area contributed by atoms with Crippen molar-refractivity contribution in [3.63, 3.8) is 0 Å². The Morgan fingerprint density at radius 1 is 1.46 bits per heavy atom. The molecule has 0 saturated heterocycles. The minimum atomic E-state index is -1.36. The van der Waals surface area contributed by atoms with E-state index in [1.165, 1.54) is 0 Å². The van der Waals surface area contributed by atoms with Gasteiger partial charge in [-0.05, 0) is 24.1 Å². The lowest BCUT2D eigenvalue weighted by Crippen LogP contribution is -2.20. The zero-order valence-corrected chi connectivity index (χ0v) is 7.97. The van der Waals surface area contributed by atoms with Gasteiger partial charge in [0.1, 0.15) is 7.85 Å². The van der Waals surface area contributed by atoms with Gasteiger partial charge in [0.15, 0.2) is 0 Å². The van der Waals surface area contributed by atoms with Crippen molar-refractivity contribution in [2.75, 3.05) is 0 Å². The lowest BCUT2D eigenvalue weighted by Gasteiger charge is -2.16. The number of fused-ring (bicyclic) bond motifs is 1. The molecule has 0 fully saturated rings. The second kappa shape index (κ2) is 2.63. The maximum Gasteiger partial charge on any atom is 0.125 e. The first kappa shape index (κ1) is 8.85. The fraction of sp³-hybridized carbons (Fsp3) is 0.200. The fourth-order valence-electron chi connectivity index (χ4n) is 1.74. The predicted molar refractivity (Wildman–Crippen MR) is 54.8 cm³/mol. The number of rotatable bonds is 0. The summed E-state index contributed by atoms with van der Waals surface area (Å²) in [7, 11) is 5.67. The summed E-state index contributed by atoms with van der Waals surface area (Å²) in [6, 6.07) is 5.36. The van der Waals surface area contributed by atoms with Crippen LogP contribution in [-0.4, -0.2) is 13.0 Å². The molecule has 1 nitrogen and oxygen atoms in total. The lowest BCUT2D eigenvalue weighted by molar-refractivity contribution is 0.184. The highest BCUT2D eigenvalue weighted by Crippen LogP contribution is 2.40. The van der Waals surface area contributed by atoms with Crippen LogP contribution in [0.4, 0.5) is 0 Å². The number of allylic oxidation sites excluding steroid dienone is 1. The second-order valence-corrected chi connectivity index (χ2v) is 3.72. The molecule has 1 aliphatic carbocycles. The molecule has 3 heteroatoms. The molecule has 1 aromatic carbocycles. The number of aliphatic hydroxyl groups is 1. The van der Waals surface area contributed by atoms with Gasteiger partial charge in [0, 0.05) is 10.6 Å². The first-order valence-electron chi connectivity index (χ1n) is 4.02. The molecule has 1 aliphatic rings.